The first-order valence-corrected chi connectivity index (χ1v) is 10.3. The molecule has 0 aromatic heterocycles. The second-order valence-corrected chi connectivity index (χ2v) is 7.61. The number of likely N-dealkylation sites (N-methyl/N-ethyl adjacent to an activating group) is 1. The van der Waals surface area contributed by atoms with Gasteiger partial charge in [-0.05, 0) is 33.9 Å². The lowest BCUT2D eigenvalue weighted by Crippen LogP contribution is -2.41. The number of hydrogen-bond donors (Lipinski definition) is 3. The Kier molecular flexibility index (Phi) is 7.25. The molecule has 0 saturated heterocycles. The molecule has 35 heavy (non-hydrogen) atoms. The van der Waals surface area contributed by atoms with Crippen molar-refractivity contribution in [1.82, 2.24) is 4.90 Å². The van der Waals surface area contributed by atoms with Gasteiger partial charge in [0.15, 0.2) is 11.5 Å². The molecule has 0 fully saturated rings. The van der Waals surface area contributed by atoms with E-state index in [-0.39, 0.29) is 18.5 Å². The van der Waals surface area contributed by atoms with Crippen molar-refractivity contribution in [2.45, 2.75) is 18.3 Å². The lowest BCUT2D eigenvalue weighted by atomic mass is 9.79. The van der Waals surface area contributed by atoms with E-state index < -0.39 is 17.7 Å². The number of benzene rings is 3. The van der Waals surface area contributed by atoms with E-state index in [4.69, 9.17) is 15.6 Å². The number of carbonyl (C=O) groups is 2. The van der Waals surface area contributed by atoms with Gasteiger partial charge in [-0.2, -0.15) is 13.2 Å². The monoisotopic (exact) mass is 485 g/mol. The molecule has 3 aromatic carbocycles. The van der Waals surface area contributed by atoms with Gasteiger partial charge < -0.3 is 15.9 Å². The third-order valence-electron chi connectivity index (χ3n) is 5.45. The van der Waals surface area contributed by atoms with Gasteiger partial charge in [-0.3, -0.25) is 9.69 Å². The fraction of sp³-hybridized carbons (Fsp3) is 0.160. The van der Waals surface area contributed by atoms with E-state index in [0.717, 1.165) is 11.1 Å². The van der Waals surface area contributed by atoms with Gasteiger partial charge in [0.05, 0.1) is 6.61 Å². The molecular formula is C25H22F3N3O4. The highest BCUT2D eigenvalue weighted by Crippen LogP contribution is 2.42. The fourth-order valence-electron chi connectivity index (χ4n) is 3.70. The minimum Gasteiger partial charge on any atom is -0.475 e. The predicted octanol–water partition coefficient (Wildman–Crippen LogP) is 3.51. The van der Waals surface area contributed by atoms with Crippen LogP contribution >= 0.6 is 0 Å². The number of amides is 1. The van der Waals surface area contributed by atoms with Crippen molar-refractivity contribution in [2.75, 3.05) is 7.05 Å². The highest BCUT2D eigenvalue weighted by Gasteiger charge is 2.50. The average Bonchev–Trinajstić information content (AvgIpc) is 3.09. The van der Waals surface area contributed by atoms with Gasteiger partial charge in [-0.15, -0.1) is 0 Å². The van der Waals surface area contributed by atoms with Crippen LogP contribution < -0.4 is 5.73 Å². The topological polar surface area (TPSA) is 116 Å². The lowest BCUT2D eigenvalue weighted by molar-refractivity contribution is -0.192. The summed E-state index contributed by atoms with van der Waals surface area (Å²) >= 11 is 0. The van der Waals surface area contributed by atoms with Gasteiger partial charge >= 0.3 is 12.1 Å². The minimum atomic E-state index is -5.08. The van der Waals surface area contributed by atoms with Gasteiger partial charge in [0.1, 0.15) is 0 Å². The first-order chi connectivity index (χ1) is 16.5. The fourth-order valence-corrected chi connectivity index (χ4v) is 3.70. The molecule has 1 unspecified atom stereocenters. The van der Waals surface area contributed by atoms with Gasteiger partial charge in [-0.25, -0.2) is 9.79 Å². The van der Waals surface area contributed by atoms with Crippen LogP contribution in [0.15, 0.2) is 83.9 Å². The van der Waals surface area contributed by atoms with Crippen LogP contribution in [0.25, 0.3) is 11.1 Å². The Morgan fingerprint density at radius 3 is 2.00 bits per heavy atom. The van der Waals surface area contributed by atoms with Crippen molar-refractivity contribution in [3.8, 4) is 11.1 Å². The molecule has 1 amide bonds. The van der Waals surface area contributed by atoms with Crippen LogP contribution in [0, 0.1) is 0 Å². The summed E-state index contributed by atoms with van der Waals surface area (Å²) in [5, 5.41) is 17.1. The van der Waals surface area contributed by atoms with Gasteiger partial charge in [0, 0.05) is 7.05 Å². The SMILES string of the molecule is CN1C(=O)C(c2ccccc2)(c2cc(-c3ccccc3)ccc2CO)N=C1N.O=C(O)C(F)(F)F. The van der Waals surface area contributed by atoms with Crippen molar-refractivity contribution in [1.29, 1.82) is 0 Å². The van der Waals surface area contributed by atoms with Crippen LogP contribution in [0.3, 0.4) is 0 Å². The maximum absolute atomic E-state index is 13.4. The normalized spacial score (nSPS) is 17.5. The molecule has 3 aromatic rings. The highest BCUT2D eigenvalue weighted by atomic mass is 19.4. The average molecular weight is 485 g/mol. The number of nitrogens with two attached hydrogens (primary N) is 1. The Balaban J connectivity index is 0.000000429. The zero-order valence-electron chi connectivity index (χ0n) is 18.5. The van der Waals surface area contributed by atoms with Crippen LogP contribution in [-0.2, 0) is 21.7 Å². The summed E-state index contributed by atoms with van der Waals surface area (Å²) in [5.41, 5.74) is 8.70. The van der Waals surface area contributed by atoms with E-state index in [1.807, 2.05) is 78.9 Å². The molecule has 1 atom stereocenters. The molecule has 1 heterocycles. The molecular weight excluding hydrogens is 463 g/mol. The van der Waals surface area contributed by atoms with Gasteiger partial charge in [-0.1, -0.05) is 72.8 Å². The number of carboxylic acids is 1. The van der Waals surface area contributed by atoms with Crippen molar-refractivity contribution >= 4 is 17.8 Å². The largest absolute Gasteiger partial charge is 0.490 e. The number of halogens is 3. The van der Waals surface area contributed by atoms with E-state index in [1.165, 1.54) is 4.90 Å². The van der Waals surface area contributed by atoms with E-state index in [1.54, 1.807) is 7.05 Å². The van der Waals surface area contributed by atoms with Crippen molar-refractivity contribution < 1.29 is 33.0 Å². The summed E-state index contributed by atoms with van der Waals surface area (Å²) < 4.78 is 31.7. The molecule has 0 saturated carbocycles. The van der Waals surface area contributed by atoms with Crippen molar-refractivity contribution in [3.05, 3.63) is 95.6 Å². The Labute approximate surface area is 199 Å². The maximum Gasteiger partial charge on any atom is 0.490 e. The number of aliphatic hydroxyl groups excluding tert-OH is 1. The summed E-state index contributed by atoms with van der Waals surface area (Å²) in [4.78, 5) is 28.3. The number of rotatable bonds is 4. The van der Waals surface area contributed by atoms with Gasteiger partial charge in [0.25, 0.3) is 5.91 Å². The Bertz CT molecular complexity index is 1250. The number of nitrogens with zero attached hydrogens (tertiary/aromatic N) is 2. The predicted molar refractivity (Wildman–Crippen MR) is 123 cm³/mol. The third-order valence-corrected chi connectivity index (χ3v) is 5.45. The number of carboxylic acid groups (broad SMARTS) is 1. The quantitative estimate of drug-likeness (QED) is 0.523. The van der Waals surface area contributed by atoms with E-state index in [9.17, 15) is 23.1 Å². The van der Waals surface area contributed by atoms with E-state index in [0.29, 0.717) is 16.7 Å². The zero-order chi connectivity index (χ0) is 25.8. The summed E-state index contributed by atoms with van der Waals surface area (Å²) in [6.45, 7) is -0.203. The van der Waals surface area contributed by atoms with Crippen LogP contribution in [0.1, 0.15) is 16.7 Å². The molecule has 10 heteroatoms. The first kappa shape index (κ1) is 25.4. The van der Waals surface area contributed by atoms with E-state index in [2.05, 4.69) is 4.99 Å². The molecule has 0 radical (unpaired) electrons. The maximum atomic E-state index is 13.4. The second-order valence-electron chi connectivity index (χ2n) is 7.61. The summed E-state index contributed by atoms with van der Waals surface area (Å²) in [6, 6.07) is 25.0. The number of guanidine groups is 1. The zero-order valence-corrected chi connectivity index (χ0v) is 18.5. The van der Waals surface area contributed by atoms with Crippen molar-refractivity contribution in [2.24, 2.45) is 10.7 Å². The standard InChI is InChI=1S/C23H21N3O2.C2HF3O2/c1-26-21(28)23(25-22(26)24,19-10-6-3-7-11-19)20-14-17(12-13-18(20)15-27)16-8-4-2-5-9-16;3-2(4,5)1(6)7/h2-14,27H,15H2,1H3,(H2,24,25);(H,6,7). The number of aliphatic hydroxyl groups is 1. The number of hydrogen-bond acceptors (Lipinski definition) is 5. The Morgan fingerprint density at radius 1 is 1.00 bits per heavy atom. The van der Waals surface area contributed by atoms with Crippen LogP contribution in [0.5, 0.6) is 0 Å². The number of alkyl halides is 3. The third kappa shape index (κ3) is 5.02. The molecule has 4 N–H and O–H groups in total. The molecule has 1 aliphatic rings. The summed E-state index contributed by atoms with van der Waals surface area (Å²) in [7, 11) is 1.62. The summed E-state index contributed by atoms with van der Waals surface area (Å²) in [5.74, 6) is -2.84. The van der Waals surface area contributed by atoms with Crippen LogP contribution in [-0.4, -0.2) is 46.2 Å². The van der Waals surface area contributed by atoms with Crippen LogP contribution in [0.4, 0.5) is 13.2 Å². The minimum absolute atomic E-state index is 0.155. The number of aliphatic imine (C=N–C) groups is 1. The second kappa shape index (κ2) is 9.98. The molecule has 4 rings (SSSR count). The van der Waals surface area contributed by atoms with Crippen molar-refractivity contribution in [3.63, 3.8) is 0 Å². The molecule has 7 nitrogen and oxygen atoms in total. The molecule has 1 aliphatic heterocycles. The summed E-state index contributed by atoms with van der Waals surface area (Å²) in [6.07, 6.45) is -5.08. The van der Waals surface area contributed by atoms with E-state index >= 15 is 0 Å². The molecule has 0 spiro atoms. The van der Waals surface area contributed by atoms with Gasteiger partial charge in [0.2, 0.25) is 0 Å². The number of aliphatic carboxylic acids is 1. The lowest BCUT2D eigenvalue weighted by Gasteiger charge is -2.28. The number of carbonyl (C=O) groups excluding carboxylic acids is 1. The first-order valence-electron chi connectivity index (χ1n) is 10.3. The Morgan fingerprint density at radius 2 is 1.54 bits per heavy atom. The smallest absolute Gasteiger partial charge is 0.475 e. The van der Waals surface area contributed by atoms with Crippen LogP contribution in [0.2, 0.25) is 0 Å². The molecule has 182 valence electrons. The Hall–Kier alpha value is -4.18. The highest BCUT2D eigenvalue weighted by molar-refractivity contribution is 6.09. The molecule has 0 bridgehead atoms. The molecule has 0 aliphatic carbocycles.